The van der Waals surface area contributed by atoms with Crippen LogP contribution in [0.25, 0.3) is 0 Å². The van der Waals surface area contributed by atoms with E-state index in [0.29, 0.717) is 13.2 Å². The van der Waals surface area contributed by atoms with Gasteiger partial charge in [-0.3, -0.25) is 25.1 Å². The molecule has 1 heterocycles. The van der Waals surface area contributed by atoms with Crippen LogP contribution >= 0.6 is 0 Å². The van der Waals surface area contributed by atoms with E-state index in [1.165, 1.54) is 0 Å². The summed E-state index contributed by atoms with van der Waals surface area (Å²) in [6.07, 6.45) is 0.742. The summed E-state index contributed by atoms with van der Waals surface area (Å²) in [5, 5.41) is 21.3. The molecule has 0 bridgehead atoms. The summed E-state index contributed by atoms with van der Waals surface area (Å²) in [6.45, 7) is 2.20. The molecule has 86 valence electrons. The highest BCUT2D eigenvalue weighted by Gasteiger charge is 2.51. The van der Waals surface area contributed by atoms with E-state index in [1.54, 1.807) is 4.90 Å². The molecule has 0 amide bonds. The van der Waals surface area contributed by atoms with Gasteiger partial charge in [0.15, 0.2) is 0 Å². The van der Waals surface area contributed by atoms with E-state index in [1.807, 2.05) is 0 Å². The van der Waals surface area contributed by atoms with Crippen molar-refractivity contribution >= 4 is 0 Å². The van der Waals surface area contributed by atoms with Crippen LogP contribution in [0.4, 0.5) is 0 Å². The van der Waals surface area contributed by atoms with Crippen LogP contribution in [0.3, 0.4) is 0 Å². The van der Waals surface area contributed by atoms with E-state index in [4.69, 9.17) is 4.74 Å². The van der Waals surface area contributed by atoms with E-state index < -0.39 is 15.5 Å². The smallest absolute Gasteiger partial charge is 0.366 e. The molecule has 1 rings (SSSR count). The van der Waals surface area contributed by atoms with E-state index in [9.17, 15) is 20.2 Å². The number of ether oxygens (including phenoxy) is 1. The quantitative estimate of drug-likeness (QED) is 0.373. The van der Waals surface area contributed by atoms with Gasteiger partial charge in [-0.15, -0.1) is 0 Å². The Morgan fingerprint density at radius 2 is 2.00 bits per heavy atom. The van der Waals surface area contributed by atoms with Crippen molar-refractivity contribution in [2.75, 3.05) is 26.4 Å². The molecule has 0 radical (unpaired) electrons. The number of nitro groups is 2. The van der Waals surface area contributed by atoms with Gasteiger partial charge in [-0.05, 0) is 6.42 Å². The van der Waals surface area contributed by atoms with E-state index in [0.717, 1.165) is 13.3 Å². The molecule has 1 aliphatic heterocycles. The second kappa shape index (κ2) is 4.49. The molecule has 0 aromatic carbocycles. The van der Waals surface area contributed by atoms with E-state index in [-0.39, 0.29) is 13.3 Å². The van der Waals surface area contributed by atoms with Gasteiger partial charge >= 0.3 is 5.66 Å². The number of rotatable bonds is 4. The number of nitrogens with zero attached hydrogens (tertiary/aromatic N) is 3. The molecule has 0 aliphatic carbocycles. The molecule has 0 aromatic rings. The van der Waals surface area contributed by atoms with Gasteiger partial charge in [-0.25, -0.2) is 0 Å². The van der Waals surface area contributed by atoms with Crippen LogP contribution in [0.5, 0.6) is 0 Å². The van der Waals surface area contributed by atoms with Gasteiger partial charge < -0.3 is 4.74 Å². The first-order valence-electron chi connectivity index (χ1n) is 4.56. The highest BCUT2D eigenvalue weighted by molar-refractivity contribution is 4.68. The summed E-state index contributed by atoms with van der Waals surface area (Å²) >= 11 is 0. The second-order valence-electron chi connectivity index (χ2n) is 3.67. The zero-order chi connectivity index (χ0) is 11.5. The Kier molecular flexibility index (Phi) is 3.53. The van der Waals surface area contributed by atoms with Crippen molar-refractivity contribution in [3.63, 3.8) is 0 Å². The van der Waals surface area contributed by atoms with Crippen molar-refractivity contribution < 1.29 is 14.6 Å². The van der Waals surface area contributed by atoms with Crippen LogP contribution in [0.1, 0.15) is 13.3 Å². The van der Waals surface area contributed by atoms with Crippen molar-refractivity contribution in [1.29, 1.82) is 0 Å². The first-order valence-corrected chi connectivity index (χ1v) is 4.56. The average Bonchev–Trinajstić information content (AvgIpc) is 2.18. The lowest BCUT2D eigenvalue weighted by atomic mass is 10.2. The fourth-order valence-electron chi connectivity index (χ4n) is 1.38. The van der Waals surface area contributed by atoms with Crippen molar-refractivity contribution in [3.05, 3.63) is 20.2 Å². The second-order valence-corrected chi connectivity index (χ2v) is 3.67. The maximum atomic E-state index is 10.6. The third-order valence-corrected chi connectivity index (χ3v) is 2.35. The molecule has 0 unspecified atom stereocenters. The summed E-state index contributed by atoms with van der Waals surface area (Å²) in [6, 6.07) is 0. The van der Waals surface area contributed by atoms with Crippen molar-refractivity contribution in [2.24, 2.45) is 0 Å². The zero-order valence-corrected chi connectivity index (χ0v) is 8.42. The van der Waals surface area contributed by atoms with E-state index in [2.05, 4.69) is 0 Å². The Morgan fingerprint density at radius 1 is 1.40 bits per heavy atom. The molecule has 15 heavy (non-hydrogen) atoms. The molecular weight excluding hydrogens is 206 g/mol. The lowest BCUT2D eigenvalue weighted by Crippen LogP contribution is -2.53. The van der Waals surface area contributed by atoms with Crippen LogP contribution in [0.2, 0.25) is 0 Å². The van der Waals surface area contributed by atoms with Gasteiger partial charge in [0, 0.05) is 13.2 Å². The molecule has 0 atom stereocenters. The molecule has 1 aliphatic rings. The number of hydrogen-bond acceptors (Lipinski definition) is 6. The normalized spacial score (nSPS) is 18.7. The summed E-state index contributed by atoms with van der Waals surface area (Å²) in [5.74, 6) is 0. The standard InChI is InChI=1S/C7H13N3O5/c1-7(9(11)12,10(13)14)5-8-3-2-4-15-6-8/h2-6H2,1H3. The Bertz CT molecular complexity index is 249. The molecule has 0 aromatic heterocycles. The Balaban J connectivity index is 2.65. The highest BCUT2D eigenvalue weighted by Crippen LogP contribution is 2.14. The Labute approximate surface area is 86.1 Å². The van der Waals surface area contributed by atoms with Gasteiger partial charge in [0.2, 0.25) is 0 Å². The molecule has 1 fully saturated rings. The SMILES string of the molecule is CC(CN1CCCOC1)([N+](=O)[O-])[N+](=O)[O-]. The van der Waals surface area contributed by atoms with Gasteiger partial charge in [0.1, 0.15) is 6.54 Å². The van der Waals surface area contributed by atoms with Crippen LogP contribution < -0.4 is 0 Å². The summed E-state index contributed by atoms with van der Waals surface area (Å²) in [7, 11) is 0. The summed E-state index contributed by atoms with van der Waals surface area (Å²) < 4.78 is 5.07. The third-order valence-electron chi connectivity index (χ3n) is 2.35. The van der Waals surface area contributed by atoms with Gasteiger partial charge in [-0.1, -0.05) is 0 Å². The minimum absolute atomic E-state index is 0.220. The topological polar surface area (TPSA) is 98.8 Å². The summed E-state index contributed by atoms with van der Waals surface area (Å²) in [4.78, 5) is 21.1. The molecule has 8 nitrogen and oxygen atoms in total. The van der Waals surface area contributed by atoms with Crippen LogP contribution in [0.15, 0.2) is 0 Å². The minimum atomic E-state index is -2.15. The maximum absolute atomic E-state index is 10.6. The predicted molar refractivity (Wildman–Crippen MR) is 49.4 cm³/mol. The zero-order valence-electron chi connectivity index (χ0n) is 8.42. The first kappa shape index (κ1) is 11.8. The predicted octanol–water partition coefficient (Wildman–Crippen LogP) is -0.0642. The fraction of sp³-hybridized carbons (Fsp3) is 1.00. The van der Waals surface area contributed by atoms with Crippen LogP contribution in [-0.4, -0.2) is 46.8 Å². The molecule has 0 N–H and O–H groups in total. The van der Waals surface area contributed by atoms with Gasteiger partial charge in [-0.2, -0.15) is 0 Å². The molecule has 0 saturated carbocycles. The van der Waals surface area contributed by atoms with Gasteiger partial charge in [0.25, 0.3) is 0 Å². The van der Waals surface area contributed by atoms with Crippen LogP contribution in [0, 0.1) is 20.2 Å². The lowest BCUT2D eigenvalue weighted by molar-refractivity contribution is -0.791. The average molecular weight is 219 g/mol. The minimum Gasteiger partial charge on any atom is -0.366 e. The van der Waals surface area contributed by atoms with Crippen LogP contribution in [-0.2, 0) is 4.74 Å². The van der Waals surface area contributed by atoms with Crippen molar-refractivity contribution in [1.82, 2.24) is 4.90 Å². The monoisotopic (exact) mass is 219 g/mol. The molecule has 1 saturated heterocycles. The highest BCUT2D eigenvalue weighted by atomic mass is 16.7. The van der Waals surface area contributed by atoms with Crippen molar-refractivity contribution in [3.8, 4) is 0 Å². The molecular formula is C7H13N3O5. The summed E-state index contributed by atoms with van der Waals surface area (Å²) in [5.41, 5.74) is -2.15. The molecule has 0 spiro atoms. The van der Waals surface area contributed by atoms with Crippen molar-refractivity contribution in [2.45, 2.75) is 19.0 Å². The van der Waals surface area contributed by atoms with Gasteiger partial charge in [0.05, 0.1) is 23.5 Å². The largest absolute Gasteiger partial charge is 0.468 e. The Morgan fingerprint density at radius 3 is 2.40 bits per heavy atom. The first-order chi connectivity index (χ1) is 6.97. The van der Waals surface area contributed by atoms with E-state index >= 15 is 0 Å². The maximum Gasteiger partial charge on any atom is 0.468 e. The Hall–Kier alpha value is -1.28. The number of hydrogen-bond donors (Lipinski definition) is 0. The third kappa shape index (κ3) is 2.60. The molecule has 8 heteroatoms. The fourth-order valence-corrected chi connectivity index (χ4v) is 1.38. The lowest BCUT2D eigenvalue weighted by Gasteiger charge is -2.27.